The third-order valence-corrected chi connectivity index (χ3v) is 6.23. The molecule has 3 aliphatic rings. The lowest BCUT2D eigenvalue weighted by molar-refractivity contribution is 0.00578. The molecule has 1 fully saturated rings. The minimum atomic E-state index is -0.282. The van der Waals surface area contributed by atoms with Gasteiger partial charge in [0, 0.05) is 5.69 Å². The Morgan fingerprint density at radius 1 is 0.773 bits per heavy atom. The van der Waals surface area contributed by atoms with Crippen LogP contribution in [0.2, 0.25) is 0 Å². The van der Waals surface area contributed by atoms with Crippen molar-refractivity contribution in [2.24, 2.45) is 0 Å². The molecular weight excluding hydrogens is 273 g/mol. The van der Waals surface area contributed by atoms with E-state index in [1.54, 1.807) is 0 Å². The molecule has 0 bridgehead atoms. The van der Waals surface area contributed by atoms with Crippen molar-refractivity contribution in [2.45, 2.75) is 77.4 Å². The molecule has 22 heavy (non-hydrogen) atoms. The second-order valence-electron chi connectivity index (χ2n) is 8.04. The minimum absolute atomic E-state index is 0.232. The third-order valence-electron chi connectivity index (χ3n) is 6.23. The Labute approximate surface area is 133 Å². The highest BCUT2D eigenvalue weighted by Gasteiger charge is 2.53. The number of fused-ring (bicyclic) bond motifs is 2. The number of anilines is 1. The maximum absolute atomic E-state index is 6.48. The van der Waals surface area contributed by atoms with Crippen molar-refractivity contribution >= 4 is 18.3 Å². The molecule has 118 valence electrons. The SMILES string of the molecule is CC1(C)OB(c2c3c(c(N)c4c2CCC4)CCC3)OC1(C)C. The van der Waals surface area contributed by atoms with Gasteiger partial charge in [0.05, 0.1) is 11.2 Å². The number of nitrogen functional groups attached to an aromatic ring is 1. The van der Waals surface area contributed by atoms with Gasteiger partial charge in [0.1, 0.15) is 0 Å². The lowest BCUT2D eigenvalue weighted by Gasteiger charge is -2.32. The highest BCUT2D eigenvalue weighted by atomic mass is 16.7. The van der Waals surface area contributed by atoms with Gasteiger partial charge in [0.25, 0.3) is 0 Å². The summed E-state index contributed by atoms with van der Waals surface area (Å²) in [6.45, 7) is 8.52. The zero-order chi connectivity index (χ0) is 15.7. The summed E-state index contributed by atoms with van der Waals surface area (Å²) >= 11 is 0. The smallest absolute Gasteiger partial charge is 0.399 e. The third kappa shape index (κ3) is 1.83. The number of rotatable bonds is 1. The van der Waals surface area contributed by atoms with Crippen LogP contribution < -0.4 is 11.2 Å². The van der Waals surface area contributed by atoms with Gasteiger partial charge in [-0.25, -0.2) is 0 Å². The Morgan fingerprint density at radius 3 is 1.64 bits per heavy atom. The molecule has 0 unspecified atom stereocenters. The van der Waals surface area contributed by atoms with Crippen LogP contribution in [0.1, 0.15) is 62.8 Å². The quantitative estimate of drug-likeness (QED) is 0.640. The Hall–Kier alpha value is -0.995. The Balaban J connectivity index is 1.87. The zero-order valence-corrected chi connectivity index (χ0v) is 14.2. The molecule has 1 aromatic rings. The van der Waals surface area contributed by atoms with Crippen molar-refractivity contribution in [1.29, 1.82) is 0 Å². The highest BCUT2D eigenvalue weighted by molar-refractivity contribution is 6.63. The van der Waals surface area contributed by atoms with Gasteiger partial charge in [0.2, 0.25) is 0 Å². The second kappa shape index (κ2) is 4.51. The van der Waals surface area contributed by atoms with Gasteiger partial charge in [-0.15, -0.1) is 0 Å². The van der Waals surface area contributed by atoms with Crippen LogP contribution in [0.15, 0.2) is 0 Å². The fourth-order valence-electron chi connectivity index (χ4n) is 4.29. The van der Waals surface area contributed by atoms with E-state index in [0.717, 1.165) is 31.4 Å². The molecule has 0 atom stereocenters. The molecule has 1 heterocycles. The van der Waals surface area contributed by atoms with Crippen molar-refractivity contribution in [2.75, 3.05) is 5.73 Å². The van der Waals surface area contributed by atoms with E-state index < -0.39 is 0 Å². The van der Waals surface area contributed by atoms with Gasteiger partial charge in [0.15, 0.2) is 0 Å². The molecule has 0 radical (unpaired) electrons. The average molecular weight is 299 g/mol. The number of hydrogen-bond acceptors (Lipinski definition) is 3. The lowest BCUT2D eigenvalue weighted by Crippen LogP contribution is -2.41. The molecule has 2 N–H and O–H groups in total. The Bertz CT molecular complexity index is 600. The summed E-state index contributed by atoms with van der Waals surface area (Å²) in [6, 6.07) is 0. The molecule has 0 amide bonds. The first-order valence-corrected chi connectivity index (χ1v) is 8.62. The molecule has 4 heteroatoms. The molecule has 3 nitrogen and oxygen atoms in total. The predicted octanol–water partition coefficient (Wildman–Crippen LogP) is 2.55. The monoisotopic (exact) mass is 299 g/mol. The van der Waals surface area contributed by atoms with E-state index in [-0.39, 0.29) is 18.3 Å². The summed E-state index contributed by atoms with van der Waals surface area (Å²) in [4.78, 5) is 0. The lowest BCUT2D eigenvalue weighted by atomic mass is 9.70. The van der Waals surface area contributed by atoms with Crippen molar-refractivity contribution in [3.8, 4) is 0 Å². The van der Waals surface area contributed by atoms with Gasteiger partial charge in [-0.1, -0.05) is 0 Å². The van der Waals surface area contributed by atoms with Crippen LogP contribution in [0.5, 0.6) is 0 Å². The molecular formula is C18H26BNO2. The van der Waals surface area contributed by atoms with Gasteiger partial charge in [-0.3, -0.25) is 0 Å². The van der Waals surface area contributed by atoms with Crippen LogP contribution in [-0.2, 0) is 35.0 Å². The van der Waals surface area contributed by atoms with E-state index in [2.05, 4.69) is 27.7 Å². The number of nitrogens with two attached hydrogens (primary N) is 1. The molecule has 0 spiro atoms. The van der Waals surface area contributed by atoms with E-state index in [4.69, 9.17) is 15.0 Å². The van der Waals surface area contributed by atoms with Gasteiger partial charge >= 0.3 is 7.12 Å². The summed E-state index contributed by atoms with van der Waals surface area (Å²) < 4.78 is 12.8. The normalized spacial score (nSPS) is 24.6. The maximum Gasteiger partial charge on any atom is 0.495 e. The van der Waals surface area contributed by atoms with E-state index in [1.807, 2.05) is 0 Å². The fraction of sp³-hybridized carbons (Fsp3) is 0.667. The van der Waals surface area contributed by atoms with Crippen LogP contribution in [-0.4, -0.2) is 18.3 Å². The molecule has 1 saturated heterocycles. The molecule has 0 saturated carbocycles. The van der Waals surface area contributed by atoms with E-state index in [1.165, 1.54) is 40.6 Å². The average Bonchev–Trinajstić information content (AvgIpc) is 3.09. The minimum Gasteiger partial charge on any atom is -0.399 e. The zero-order valence-electron chi connectivity index (χ0n) is 14.2. The number of hydrogen-bond donors (Lipinski definition) is 1. The van der Waals surface area contributed by atoms with Gasteiger partial charge in [-0.05, 0) is 93.9 Å². The van der Waals surface area contributed by atoms with Crippen molar-refractivity contribution in [3.05, 3.63) is 22.3 Å². The molecule has 2 aliphatic carbocycles. The second-order valence-corrected chi connectivity index (χ2v) is 8.04. The molecule has 1 aliphatic heterocycles. The van der Waals surface area contributed by atoms with E-state index >= 15 is 0 Å². The Morgan fingerprint density at radius 2 is 1.18 bits per heavy atom. The van der Waals surface area contributed by atoms with E-state index in [9.17, 15) is 0 Å². The molecule has 0 aromatic heterocycles. The van der Waals surface area contributed by atoms with Crippen LogP contribution in [0, 0.1) is 0 Å². The summed E-state index contributed by atoms with van der Waals surface area (Å²) in [7, 11) is -0.232. The molecule has 1 aromatic carbocycles. The van der Waals surface area contributed by atoms with Crippen molar-refractivity contribution in [1.82, 2.24) is 0 Å². The first kappa shape index (κ1) is 14.6. The summed E-state index contributed by atoms with van der Waals surface area (Å²) in [6.07, 6.45) is 6.87. The van der Waals surface area contributed by atoms with Crippen LogP contribution in [0.25, 0.3) is 0 Å². The summed E-state index contributed by atoms with van der Waals surface area (Å²) in [5.74, 6) is 0. The summed E-state index contributed by atoms with van der Waals surface area (Å²) in [5, 5.41) is 0. The topological polar surface area (TPSA) is 44.5 Å². The van der Waals surface area contributed by atoms with Crippen LogP contribution >= 0.6 is 0 Å². The van der Waals surface area contributed by atoms with Crippen LogP contribution in [0.4, 0.5) is 5.69 Å². The van der Waals surface area contributed by atoms with Gasteiger partial charge in [-0.2, -0.15) is 0 Å². The van der Waals surface area contributed by atoms with Crippen molar-refractivity contribution in [3.63, 3.8) is 0 Å². The summed E-state index contributed by atoms with van der Waals surface area (Å²) in [5.41, 5.74) is 13.9. The first-order chi connectivity index (χ1) is 10.3. The van der Waals surface area contributed by atoms with Crippen molar-refractivity contribution < 1.29 is 9.31 Å². The Kier molecular flexibility index (Phi) is 2.99. The van der Waals surface area contributed by atoms with E-state index in [0.29, 0.717) is 0 Å². The predicted molar refractivity (Wildman–Crippen MR) is 90.6 cm³/mol. The number of benzene rings is 1. The first-order valence-electron chi connectivity index (χ1n) is 8.62. The fourth-order valence-corrected chi connectivity index (χ4v) is 4.29. The van der Waals surface area contributed by atoms with Gasteiger partial charge < -0.3 is 15.0 Å². The largest absolute Gasteiger partial charge is 0.495 e. The molecule has 4 rings (SSSR count). The maximum atomic E-state index is 6.48. The highest BCUT2D eigenvalue weighted by Crippen LogP contribution is 2.41. The van der Waals surface area contributed by atoms with Crippen LogP contribution in [0.3, 0.4) is 0 Å². The standard InChI is InChI=1S/C18H26BNO2/c1-17(2)18(3,4)22-19(21-17)15-11-7-5-9-13(11)16(20)14-10-6-8-12(14)15/h5-10,20H2,1-4H3.